The van der Waals surface area contributed by atoms with Crippen LogP contribution in [0.25, 0.3) is 11.3 Å². The Morgan fingerprint density at radius 1 is 1.14 bits per heavy atom. The first-order valence-corrected chi connectivity index (χ1v) is 8.64. The maximum absolute atomic E-state index is 4.81. The molecule has 2 aromatic heterocycles. The number of hydrogen-bond acceptors (Lipinski definition) is 3. The molecule has 5 heteroatoms. The average molecular weight is 363 g/mol. The smallest absolute Gasteiger partial charge is 0.107 e. The first kappa shape index (κ1) is 15.7. The lowest BCUT2D eigenvalue weighted by molar-refractivity contribution is 0.0871. The van der Waals surface area contributed by atoms with Gasteiger partial charge in [0.1, 0.15) is 5.69 Å². The van der Waals surface area contributed by atoms with Crippen molar-refractivity contribution in [2.45, 2.75) is 45.2 Å². The van der Waals surface area contributed by atoms with Crippen LogP contribution in [-0.4, -0.2) is 38.3 Å². The summed E-state index contributed by atoms with van der Waals surface area (Å²) in [5.41, 5.74) is 2.37. The van der Waals surface area contributed by atoms with E-state index in [1.807, 2.05) is 24.5 Å². The van der Waals surface area contributed by atoms with Crippen molar-refractivity contribution in [3.63, 3.8) is 0 Å². The maximum atomic E-state index is 4.81. The molecular weight excluding hydrogens is 340 g/mol. The summed E-state index contributed by atoms with van der Waals surface area (Å²) in [7, 11) is 0. The molecule has 4 nitrogen and oxygen atoms in total. The van der Waals surface area contributed by atoms with Crippen LogP contribution in [0.5, 0.6) is 0 Å². The second-order valence-corrected chi connectivity index (χ2v) is 7.78. The quantitative estimate of drug-likeness (QED) is 0.804. The topological polar surface area (TPSA) is 34.0 Å². The fourth-order valence-corrected chi connectivity index (χ4v) is 3.58. The highest BCUT2D eigenvalue weighted by molar-refractivity contribution is 9.10. The summed E-state index contributed by atoms with van der Waals surface area (Å²) in [5.74, 6) is 0. The number of likely N-dealkylation sites (tertiary alicyclic amines) is 1. The van der Waals surface area contributed by atoms with Gasteiger partial charge in [0.15, 0.2) is 0 Å². The zero-order valence-corrected chi connectivity index (χ0v) is 15.0. The number of pyridine rings is 1. The first-order valence-electron chi connectivity index (χ1n) is 7.85. The molecule has 0 saturated carbocycles. The van der Waals surface area contributed by atoms with Crippen molar-refractivity contribution in [2.24, 2.45) is 0 Å². The van der Waals surface area contributed by atoms with Crippen molar-refractivity contribution >= 4 is 15.9 Å². The predicted octanol–water partition coefficient (Wildman–Crippen LogP) is 4.14. The monoisotopic (exact) mass is 362 g/mol. The number of aromatic nitrogens is 3. The van der Waals surface area contributed by atoms with E-state index in [0.29, 0.717) is 6.04 Å². The molecule has 3 rings (SSSR count). The minimum atomic E-state index is 0.262. The van der Waals surface area contributed by atoms with Crippen molar-refractivity contribution in [2.75, 3.05) is 13.1 Å². The summed E-state index contributed by atoms with van der Waals surface area (Å²) in [6, 6.07) is 4.49. The van der Waals surface area contributed by atoms with Gasteiger partial charge in [-0.2, -0.15) is 5.10 Å². The molecule has 0 N–H and O–H groups in total. The largest absolute Gasteiger partial charge is 0.298 e. The molecule has 0 atom stereocenters. The molecule has 0 unspecified atom stereocenters. The van der Waals surface area contributed by atoms with Crippen molar-refractivity contribution in [3.8, 4) is 11.3 Å². The normalized spacial score (nSPS) is 17.8. The summed E-state index contributed by atoms with van der Waals surface area (Å²) in [5, 5.41) is 4.81. The van der Waals surface area contributed by atoms with Crippen molar-refractivity contribution in [1.82, 2.24) is 19.7 Å². The van der Waals surface area contributed by atoms with Gasteiger partial charge in [0.05, 0.1) is 10.5 Å². The van der Waals surface area contributed by atoms with Crippen LogP contribution in [-0.2, 0) is 0 Å². The Morgan fingerprint density at radius 2 is 1.77 bits per heavy atom. The fourth-order valence-electron chi connectivity index (χ4n) is 3.06. The van der Waals surface area contributed by atoms with Gasteiger partial charge in [-0.15, -0.1) is 0 Å². The molecule has 0 aromatic carbocycles. The molecule has 118 valence electrons. The van der Waals surface area contributed by atoms with E-state index < -0.39 is 0 Å². The Labute approximate surface area is 140 Å². The van der Waals surface area contributed by atoms with Crippen LogP contribution in [0.15, 0.2) is 35.2 Å². The number of piperidine rings is 1. The van der Waals surface area contributed by atoms with E-state index >= 15 is 0 Å². The number of rotatable bonds is 2. The first-order chi connectivity index (χ1) is 10.4. The van der Waals surface area contributed by atoms with Crippen LogP contribution in [0, 0.1) is 0 Å². The van der Waals surface area contributed by atoms with Crippen molar-refractivity contribution in [3.05, 3.63) is 35.2 Å². The van der Waals surface area contributed by atoms with Gasteiger partial charge in [0.2, 0.25) is 0 Å². The third-order valence-electron chi connectivity index (χ3n) is 4.43. The van der Waals surface area contributed by atoms with Gasteiger partial charge in [-0.25, -0.2) is 0 Å². The molecular formula is C17H23BrN4. The van der Waals surface area contributed by atoms with E-state index in [4.69, 9.17) is 5.10 Å². The summed E-state index contributed by atoms with van der Waals surface area (Å²) in [6.45, 7) is 9.14. The summed E-state index contributed by atoms with van der Waals surface area (Å²) < 4.78 is 3.19. The second kappa shape index (κ2) is 6.13. The van der Waals surface area contributed by atoms with Crippen molar-refractivity contribution in [1.29, 1.82) is 0 Å². The second-order valence-electron chi connectivity index (χ2n) is 6.93. The lowest BCUT2D eigenvalue weighted by Gasteiger charge is -2.40. The molecule has 22 heavy (non-hydrogen) atoms. The summed E-state index contributed by atoms with van der Waals surface area (Å²) >= 11 is 3.65. The zero-order chi connectivity index (χ0) is 15.7. The van der Waals surface area contributed by atoms with E-state index in [2.05, 4.69) is 57.5 Å². The zero-order valence-electron chi connectivity index (χ0n) is 13.5. The molecule has 1 saturated heterocycles. The highest BCUT2D eigenvalue weighted by Gasteiger charge is 2.28. The van der Waals surface area contributed by atoms with Gasteiger partial charge in [-0.3, -0.25) is 14.6 Å². The standard InChI is InChI=1S/C17H23BrN4/c1-17(2,3)21-10-6-14(7-11-21)22-12-15(18)16(20-22)13-4-8-19-9-5-13/h4-5,8-9,12,14H,6-7,10-11H2,1-3H3. The van der Waals surface area contributed by atoms with Crippen LogP contribution in [0.4, 0.5) is 0 Å². The van der Waals surface area contributed by atoms with Crippen LogP contribution < -0.4 is 0 Å². The molecule has 0 bridgehead atoms. The highest BCUT2D eigenvalue weighted by Crippen LogP contribution is 2.31. The Bertz CT molecular complexity index is 622. The van der Waals surface area contributed by atoms with Crippen LogP contribution >= 0.6 is 15.9 Å². The minimum Gasteiger partial charge on any atom is -0.298 e. The van der Waals surface area contributed by atoms with E-state index in [1.165, 1.54) is 0 Å². The molecule has 0 spiro atoms. The molecule has 3 heterocycles. The summed E-state index contributed by atoms with van der Waals surface area (Å²) in [4.78, 5) is 6.63. The number of halogens is 1. The van der Waals surface area contributed by atoms with Gasteiger partial charge in [0, 0.05) is 42.8 Å². The average Bonchev–Trinajstić information content (AvgIpc) is 2.89. The fraction of sp³-hybridized carbons (Fsp3) is 0.529. The predicted molar refractivity (Wildman–Crippen MR) is 92.8 cm³/mol. The summed E-state index contributed by atoms with van der Waals surface area (Å²) in [6.07, 6.45) is 8.04. The maximum Gasteiger partial charge on any atom is 0.107 e. The van der Waals surface area contributed by atoms with E-state index in [-0.39, 0.29) is 5.54 Å². The van der Waals surface area contributed by atoms with Gasteiger partial charge >= 0.3 is 0 Å². The van der Waals surface area contributed by atoms with Gasteiger partial charge in [0.25, 0.3) is 0 Å². The third-order valence-corrected chi connectivity index (χ3v) is 5.01. The Kier molecular flexibility index (Phi) is 4.37. The number of nitrogens with zero attached hydrogens (tertiary/aromatic N) is 4. The van der Waals surface area contributed by atoms with Crippen LogP contribution in [0.3, 0.4) is 0 Å². The molecule has 0 radical (unpaired) electrons. The van der Waals surface area contributed by atoms with Gasteiger partial charge in [-0.1, -0.05) is 0 Å². The lowest BCUT2D eigenvalue weighted by atomic mass is 9.98. The minimum absolute atomic E-state index is 0.262. The molecule has 1 aliphatic heterocycles. The third kappa shape index (κ3) is 3.25. The van der Waals surface area contributed by atoms with Crippen LogP contribution in [0.2, 0.25) is 0 Å². The molecule has 2 aromatic rings. The Morgan fingerprint density at radius 3 is 2.36 bits per heavy atom. The SMILES string of the molecule is CC(C)(C)N1CCC(n2cc(Br)c(-c3ccncc3)n2)CC1. The highest BCUT2D eigenvalue weighted by atomic mass is 79.9. The van der Waals surface area contributed by atoms with Gasteiger partial charge < -0.3 is 0 Å². The van der Waals surface area contributed by atoms with Crippen LogP contribution in [0.1, 0.15) is 39.7 Å². The van der Waals surface area contributed by atoms with E-state index in [9.17, 15) is 0 Å². The van der Waals surface area contributed by atoms with E-state index in [0.717, 1.165) is 41.7 Å². The Balaban J connectivity index is 1.75. The van der Waals surface area contributed by atoms with Crippen molar-refractivity contribution < 1.29 is 0 Å². The Hall–Kier alpha value is -1.20. The molecule has 0 aliphatic carbocycles. The number of hydrogen-bond donors (Lipinski definition) is 0. The lowest BCUT2D eigenvalue weighted by Crippen LogP contribution is -2.46. The molecule has 1 fully saturated rings. The van der Waals surface area contributed by atoms with Gasteiger partial charge in [-0.05, 0) is 61.7 Å². The molecule has 1 aliphatic rings. The molecule has 0 amide bonds. The van der Waals surface area contributed by atoms with E-state index in [1.54, 1.807) is 0 Å².